The fraction of sp³-hybridized carbons (Fsp3) is 0.308. The maximum Gasteiger partial charge on any atom is 0.241 e. The van der Waals surface area contributed by atoms with Crippen molar-refractivity contribution in [3.63, 3.8) is 0 Å². The normalized spacial score (nSPS) is 12.8. The zero-order valence-electron chi connectivity index (χ0n) is 11.5. The minimum absolute atomic E-state index is 0.0480. The van der Waals surface area contributed by atoms with Crippen molar-refractivity contribution in [1.82, 2.24) is 0 Å². The van der Waals surface area contributed by atoms with Crippen LogP contribution in [0.1, 0.15) is 17.5 Å². The van der Waals surface area contributed by atoms with E-state index >= 15 is 0 Å². The van der Waals surface area contributed by atoms with Crippen molar-refractivity contribution >= 4 is 21.6 Å². The minimum Gasteiger partial charge on any atom is -0.324 e. The molecule has 0 fully saturated rings. The molecule has 0 spiro atoms. The van der Waals surface area contributed by atoms with E-state index in [4.69, 9.17) is 10.9 Å². The van der Waals surface area contributed by atoms with E-state index < -0.39 is 22.0 Å². The van der Waals surface area contributed by atoms with Crippen molar-refractivity contribution in [2.45, 2.75) is 31.2 Å². The molecule has 20 heavy (non-hydrogen) atoms. The van der Waals surface area contributed by atoms with Gasteiger partial charge in [-0.15, -0.1) is 6.58 Å². The second-order valence-corrected chi connectivity index (χ2v) is 6.14. The number of benzene rings is 1. The second kappa shape index (κ2) is 6.17. The lowest BCUT2D eigenvalue weighted by Gasteiger charge is -2.15. The van der Waals surface area contributed by atoms with Gasteiger partial charge in [-0.25, -0.2) is 13.6 Å². The molecule has 1 amide bonds. The number of amides is 1. The van der Waals surface area contributed by atoms with E-state index in [1.165, 1.54) is 12.1 Å². The highest BCUT2D eigenvalue weighted by atomic mass is 32.2. The summed E-state index contributed by atoms with van der Waals surface area (Å²) < 4.78 is 22.8. The Kier molecular flexibility index (Phi) is 5.04. The molecule has 0 aliphatic rings. The number of rotatable bonds is 5. The maximum absolute atomic E-state index is 11.9. The minimum atomic E-state index is -3.83. The van der Waals surface area contributed by atoms with Crippen LogP contribution in [0, 0.1) is 13.8 Å². The summed E-state index contributed by atoms with van der Waals surface area (Å²) in [4.78, 5) is 11.8. The Hall–Kier alpha value is -1.70. The Balaban J connectivity index is 3.15. The average Bonchev–Trinajstić information content (AvgIpc) is 2.33. The predicted molar refractivity (Wildman–Crippen MR) is 78.7 cm³/mol. The molecule has 0 aliphatic heterocycles. The van der Waals surface area contributed by atoms with Crippen LogP contribution >= 0.6 is 0 Å². The van der Waals surface area contributed by atoms with Crippen molar-refractivity contribution in [1.29, 1.82) is 0 Å². The molecule has 1 unspecified atom stereocenters. The van der Waals surface area contributed by atoms with Gasteiger partial charge in [-0.05, 0) is 43.5 Å². The second-order valence-electron chi connectivity index (χ2n) is 4.58. The summed E-state index contributed by atoms with van der Waals surface area (Å²) in [5, 5.41) is 7.72. The molecule has 7 heteroatoms. The lowest BCUT2D eigenvalue weighted by molar-refractivity contribution is -0.117. The van der Waals surface area contributed by atoms with Gasteiger partial charge >= 0.3 is 0 Å². The van der Waals surface area contributed by atoms with Gasteiger partial charge in [0.2, 0.25) is 15.9 Å². The molecule has 0 bridgehead atoms. The Morgan fingerprint density at radius 2 is 2.05 bits per heavy atom. The van der Waals surface area contributed by atoms with Gasteiger partial charge in [-0.1, -0.05) is 6.08 Å². The summed E-state index contributed by atoms with van der Waals surface area (Å²) in [6.07, 6.45) is 1.88. The van der Waals surface area contributed by atoms with E-state index in [-0.39, 0.29) is 4.90 Å². The molecule has 0 saturated heterocycles. The number of anilines is 1. The first kappa shape index (κ1) is 16.4. The van der Waals surface area contributed by atoms with Gasteiger partial charge in [0.1, 0.15) is 0 Å². The van der Waals surface area contributed by atoms with E-state index in [1.807, 2.05) is 0 Å². The predicted octanol–water partition coefficient (Wildman–Crippen LogP) is 0.793. The molecule has 6 nitrogen and oxygen atoms in total. The van der Waals surface area contributed by atoms with Gasteiger partial charge in [0.05, 0.1) is 10.9 Å². The standard InChI is InChI=1S/C13H19N3O3S/c1-4-5-11(14)13(17)16-12-7-10(20(15,18)19)6-8(2)9(12)3/h4,6-7,11H,1,5,14H2,2-3H3,(H,16,17)(H2,15,18,19). The molecule has 0 heterocycles. The third-order valence-corrected chi connectivity index (χ3v) is 3.88. The van der Waals surface area contributed by atoms with Gasteiger partial charge in [-0.3, -0.25) is 4.79 Å². The SMILES string of the molecule is C=CCC(N)C(=O)Nc1cc(S(N)(=O)=O)cc(C)c1C. The van der Waals surface area contributed by atoms with Crippen molar-refractivity contribution in [2.24, 2.45) is 10.9 Å². The van der Waals surface area contributed by atoms with E-state index in [0.717, 1.165) is 5.56 Å². The third-order valence-electron chi connectivity index (χ3n) is 2.98. The number of sulfonamides is 1. The molecule has 0 aliphatic carbocycles. The number of nitrogens with two attached hydrogens (primary N) is 2. The Labute approximate surface area is 118 Å². The zero-order chi connectivity index (χ0) is 15.5. The summed E-state index contributed by atoms with van der Waals surface area (Å²) in [6.45, 7) is 7.03. The van der Waals surface area contributed by atoms with Crippen LogP contribution in [0.5, 0.6) is 0 Å². The number of aryl methyl sites for hydroxylation is 1. The Morgan fingerprint density at radius 1 is 1.45 bits per heavy atom. The smallest absolute Gasteiger partial charge is 0.241 e. The molecule has 1 rings (SSSR count). The Bertz CT molecular complexity index is 639. The first-order valence-corrected chi connectivity index (χ1v) is 7.53. The molecule has 1 aromatic rings. The van der Waals surface area contributed by atoms with Crippen LogP contribution < -0.4 is 16.2 Å². The first-order chi connectivity index (χ1) is 9.16. The molecular formula is C13H19N3O3S. The molecule has 0 aromatic heterocycles. The van der Waals surface area contributed by atoms with Crippen LogP contribution in [-0.2, 0) is 14.8 Å². The van der Waals surface area contributed by atoms with Crippen molar-refractivity contribution in [3.8, 4) is 0 Å². The molecule has 1 atom stereocenters. The van der Waals surface area contributed by atoms with Crippen LogP contribution in [0.2, 0.25) is 0 Å². The number of nitrogens with one attached hydrogen (secondary N) is 1. The molecule has 110 valence electrons. The fourth-order valence-electron chi connectivity index (χ4n) is 1.63. The molecule has 0 saturated carbocycles. The highest BCUT2D eigenvalue weighted by molar-refractivity contribution is 7.89. The summed E-state index contributed by atoms with van der Waals surface area (Å²) in [6, 6.07) is 2.06. The van der Waals surface area contributed by atoms with Crippen LogP contribution in [0.15, 0.2) is 29.7 Å². The quantitative estimate of drug-likeness (QED) is 0.697. The zero-order valence-corrected chi connectivity index (χ0v) is 12.3. The van der Waals surface area contributed by atoms with Crippen molar-refractivity contribution in [2.75, 3.05) is 5.32 Å². The van der Waals surface area contributed by atoms with Crippen molar-refractivity contribution < 1.29 is 13.2 Å². The van der Waals surface area contributed by atoms with E-state index in [9.17, 15) is 13.2 Å². The van der Waals surface area contributed by atoms with Crippen molar-refractivity contribution in [3.05, 3.63) is 35.9 Å². The maximum atomic E-state index is 11.9. The lowest BCUT2D eigenvalue weighted by Crippen LogP contribution is -2.35. The summed E-state index contributed by atoms with van der Waals surface area (Å²) in [7, 11) is -3.83. The average molecular weight is 297 g/mol. The van der Waals surface area contributed by atoms with Gasteiger partial charge < -0.3 is 11.1 Å². The summed E-state index contributed by atoms with van der Waals surface area (Å²) >= 11 is 0. The third kappa shape index (κ3) is 3.89. The molecule has 1 aromatic carbocycles. The molecular weight excluding hydrogens is 278 g/mol. The lowest BCUT2D eigenvalue weighted by atomic mass is 10.1. The first-order valence-electron chi connectivity index (χ1n) is 5.98. The highest BCUT2D eigenvalue weighted by Gasteiger charge is 2.16. The van der Waals surface area contributed by atoms with E-state index in [1.54, 1.807) is 19.9 Å². The number of hydrogen-bond acceptors (Lipinski definition) is 4. The number of carbonyl (C=O) groups is 1. The van der Waals surface area contributed by atoms with Crippen LogP contribution in [0.25, 0.3) is 0 Å². The van der Waals surface area contributed by atoms with E-state index in [2.05, 4.69) is 11.9 Å². The molecule has 5 N–H and O–H groups in total. The van der Waals surface area contributed by atoms with Crippen LogP contribution in [0.4, 0.5) is 5.69 Å². The largest absolute Gasteiger partial charge is 0.324 e. The summed E-state index contributed by atoms with van der Waals surface area (Å²) in [5.41, 5.74) is 7.52. The fourth-order valence-corrected chi connectivity index (χ4v) is 2.26. The van der Waals surface area contributed by atoms with Crippen LogP contribution in [0.3, 0.4) is 0 Å². The number of hydrogen-bond donors (Lipinski definition) is 3. The molecule has 0 radical (unpaired) electrons. The van der Waals surface area contributed by atoms with Gasteiger partial charge in [0.25, 0.3) is 0 Å². The Morgan fingerprint density at radius 3 is 2.55 bits per heavy atom. The summed E-state index contributed by atoms with van der Waals surface area (Å²) in [5.74, 6) is -0.404. The van der Waals surface area contributed by atoms with E-state index in [0.29, 0.717) is 17.7 Å². The number of primary sulfonamides is 1. The number of carbonyl (C=O) groups excluding carboxylic acids is 1. The highest BCUT2D eigenvalue weighted by Crippen LogP contribution is 2.23. The topological polar surface area (TPSA) is 115 Å². The van der Waals surface area contributed by atoms with Crippen LogP contribution in [-0.4, -0.2) is 20.4 Å². The van der Waals surface area contributed by atoms with Gasteiger partial charge in [0.15, 0.2) is 0 Å². The van der Waals surface area contributed by atoms with Gasteiger partial charge in [0, 0.05) is 5.69 Å². The monoisotopic (exact) mass is 297 g/mol. The van der Waals surface area contributed by atoms with Gasteiger partial charge in [-0.2, -0.15) is 0 Å².